The van der Waals surface area contributed by atoms with Gasteiger partial charge in [-0.15, -0.1) is 0 Å². The lowest BCUT2D eigenvalue weighted by atomic mass is 10.2. The van der Waals surface area contributed by atoms with E-state index in [1.807, 2.05) is 42.5 Å². The van der Waals surface area contributed by atoms with Gasteiger partial charge in [-0.1, -0.05) is 39.7 Å². The maximum Gasteiger partial charge on any atom is 0.363 e. The topological polar surface area (TPSA) is 51.8 Å². The zero-order valence-corrected chi connectivity index (χ0v) is 18.1. The minimum Gasteiger partial charge on any atom is -0.457 e. The van der Waals surface area contributed by atoms with Gasteiger partial charge in [-0.25, -0.2) is 9.79 Å². The second-order valence-electron chi connectivity index (χ2n) is 5.67. The summed E-state index contributed by atoms with van der Waals surface area (Å²) >= 11 is 11.8. The van der Waals surface area contributed by atoms with Gasteiger partial charge in [0.05, 0.1) is 10.6 Å². The van der Waals surface area contributed by atoms with Crippen LogP contribution in [-0.2, 0) is 9.53 Å². The smallest absolute Gasteiger partial charge is 0.363 e. The molecule has 3 aromatic rings. The molecule has 0 bridgehead atoms. The third-order valence-corrected chi connectivity index (χ3v) is 5.34. The van der Waals surface area contributed by atoms with Crippen molar-refractivity contribution < 1.29 is 13.9 Å². The first kappa shape index (κ1) is 18.5. The summed E-state index contributed by atoms with van der Waals surface area (Å²) in [6.45, 7) is 0. The number of halogens is 3. The Morgan fingerprint density at radius 3 is 2.63 bits per heavy atom. The predicted octanol–water partition coefficient (Wildman–Crippen LogP) is 6.31. The summed E-state index contributed by atoms with van der Waals surface area (Å²) in [6.07, 6.45) is 1.56. The van der Waals surface area contributed by atoms with Crippen LogP contribution >= 0.6 is 50.1 Å². The summed E-state index contributed by atoms with van der Waals surface area (Å²) in [5.41, 5.74) is 1.68. The van der Waals surface area contributed by atoms with E-state index in [9.17, 15) is 4.79 Å². The Bertz CT molecular complexity index is 1100. The Balaban J connectivity index is 1.64. The van der Waals surface area contributed by atoms with Gasteiger partial charge in [-0.05, 0) is 65.1 Å². The molecule has 2 heterocycles. The molecule has 4 rings (SSSR count). The second-order valence-corrected chi connectivity index (χ2v) is 8.24. The molecular weight excluding hydrogens is 544 g/mol. The van der Waals surface area contributed by atoms with Gasteiger partial charge in [-0.2, -0.15) is 0 Å². The second kappa shape index (κ2) is 7.61. The van der Waals surface area contributed by atoms with E-state index in [1.165, 1.54) is 0 Å². The van der Waals surface area contributed by atoms with Crippen molar-refractivity contribution >= 4 is 68.1 Å². The summed E-state index contributed by atoms with van der Waals surface area (Å²) in [7, 11) is 0. The highest BCUT2D eigenvalue weighted by Gasteiger charge is 2.26. The minimum absolute atomic E-state index is 0.164. The Morgan fingerprint density at radius 2 is 1.85 bits per heavy atom. The van der Waals surface area contributed by atoms with E-state index < -0.39 is 5.97 Å². The summed E-state index contributed by atoms with van der Waals surface area (Å²) in [5, 5.41) is 0.471. The van der Waals surface area contributed by atoms with Crippen molar-refractivity contribution in [3.63, 3.8) is 0 Å². The van der Waals surface area contributed by atoms with Crippen LogP contribution in [0.1, 0.15) is 11.3 Å². The number of benzene rings is 2. The van der Waals surface area contributed by atoms with E-state index in [1.54, 1.807) is 18.2 Å². The van der Waals surface area contributed by atoms with Gasteiger partial charge in [0.2, 0.25) is 5.90 Å². The molecular formula is C20H10BrClINO3. The molecule has 27 heavy (non-hydrogen) atoms. The zero-order chi connectivity index (χ0) is 19.0. The van der Waals surface area contributed by atoms with E-state index in [0.29, 0.717) is 22.1 Å². The van der Waals surface area contributed by atoms with E-state index in [4.69, 9.17) is 20.8 Å². The van der Waals surface area contributed by atoms with Crippen LogP contribution in [0.5, 0.6) is 0 Å². The summed E-state index contributed by atoms with van der Waals surface area (Å²) in [5.74, 6) is 0.861. The molecule has 134 valence electrons. The molecule has 0 saturated carbocycles. The Hall–Kier alpha value is -1.90. The lowest BCUT2D eigenvalue weighted by Crippen LogP contribution is -2.06. The van der Waals surface area contributed by atoms with Gasteiger partial charge in [0.15, 0.2) is 5.70 Å². The van der Waals surface area contributed by atoms with Crippen LogP contribution in [-0.4, -0.2) is 11.9 Å². The third-order valence-electron chi connectivity index (χ3n) is 3.81. The number of carbonyl (C=O) groups is 1. The molecule has 0 radical (unpaired) electrons. The summed E-state index contributed by atoms with van der Waals surface area (Å²) < 4.78 is 13.0. The number of cyclic esters (lactones) is 1. The number of furan rings is 1. The van der Waals surface area contributed by atoms with Crippen molar-refractivity contribution in [2.45, 2.75) is 0 Å². The van der Waals surface area contributed by atoms with Crippen molar-refractivity contribution in [1.29, 1.82) is 0 Å². The molecule has 2 aromatic carbocycles. The molecule has 1 aliphatic heterocycles. The van der Waals surface area contributed by atoms with Gasteiger partial charge in [0, 0.05) is 19.7 Å². The number of hydrogen-bond acceptors (Lipinski definition) is 4. The molecule has 0 N–H and O–H groups in total. The molecule has 4 nitrogen and oxygen atoms in total. The molecule has 0 fully saturated rings. The lowest BCUT2D eigenvalue weighted by molar-refractivity contribution is -0.129. The maximum atomic E-state index is 12.2. The highest BCUT2D eigenvalue weighted by Crippen LogP contribution is 2.28. The van der Waals surface area contributed by atoms with Crippen LogP contribution in [0.4, 0.5) is 0 Å². The van der Waals surface area contributed by atoms with Crippen molar-refractivity contribution in [2.75, 3.05) is 0 Å². The van der Waals surface area contributed by atoms with E-state index in [-0.39, 0.29) is 11.6 Å². The van der Waals surface area contributed by atoms with Crippen LogP contribution in [0.2, 0.25) is 5.02 Å². The van der Waals surface area contributed by atoms with Crippen LogP contribution < -0.4 is 0 Å². The lowest BCUT2D eigenvalue weighted by Gasteiger charge is -2.02. The van der Waals surface area contributed by atoms with E-state index in [2.05, 4.69) is 43.5 Å². The molecule has 1 aromatic heterocycles. The van der Waals surface area contributed by atoms with Gasteiger partial charge < -0.3 is 9.15 Å². The van der Waals surface area contributed by atoms with E-state index in [0.717, 1.165) is 13.6 Å². The van der Waals surface area contributed by atoms with Crippen molar-refractivity contribution in [3.05, 3.63) is 84.7 Å². The number of nitrogens with zero attached hydrogens (tertiary/aromatic N) is 1. The van der Waals surface area contributed by atoms with Crippen molar-refractivity contribution in [1.82, 2.24) is 0 Å². The number of ether oxygens (including phenoxy) is 1. The fourth-order valence-corrected chi connectivity index (χ4v) is 3.47. The maximum absolute atomic E-state index is 12.2. The highest BCUT2D eigenvalue weighted by atomic mass is 127. The SMILES string of the molecule is O=C1OC(c2cc(I)ccc2Cl)=N/C1=C\c1ccc(-c2ccc(Br)cc2)o1. The first-order valence-electron chi connectivity index (χ1n) is 7.83. The van der Waals surface area contributed by atoms with Crippen LogP contribution in [0.15, 0.2) is 74.2 Å². The Morgan fingerprint density at radius 1 is 1.07 bits per heavy atom. The number of hydrogen-bond donors (Lipinski definition) is 0. The summed E-state index contributed by atoms with van der Waals surface area (Å²) in [4.78, 5) is 16.5. The average Bonchev–Trinajstić information content (AvgIpc) is 3.25. The highest BCUT2D eigenvalue weighted by molar-refractivity contribution is 14.1. The van der Waals surface area contributed by atoms with Crippen LogP contribution in [0.25, 0.3) is 17.4 Å². The molecule has 7 heteroatoms. The molecule has 0 unspecified atom stereocenters. The van der Waals surface area contributed by atoms with Gasteiger partial charge >= 0.3 is 5.97 Å². The third kappa shape index (κ3) is 4.02. The minimum atomic E-state index is -0.540. The average molecular weight is 555 g/mol. The largest absolute Gasteiger partial charge is 0.457 e. The van der Waals surface area contributed by atoms with E-state index >= 15 is 0 Å². The Labute approximate surface area is 182 Å². The first-order chi connectivity index (χ1) is 13.0. The van der Waals surface area contributed by atoms with Crippen LogP contribution in [0.3, 0.4) is 0 Å². The zero-order valence-electron chi connectivity index (χ0n) is 13.6. The fraction of sp³-hybridized carbons (Fsp3) is 0. The molecule has 0 atom stereocenters. The first-order valence-corrected chi connectivity index (χ1v) is 10.1. The molecule has 0 spiro atoms. The number of carbonyl (C=O) groups excluding carboxylic acids is 1. The van der Waals surface area contributed by atoms with Gasteiger partial charge in [-0.3, -0.25) is 0 Å². The standard InChI is InChI=1S/C20H10BrClINO3/c21-12-3-1-11(2-4-12)18-8-6-14(26-18)10-17-20(25)27-19(24-17)15-9-13(23)5-7-16(15)22/h1-10H/b17-10-. The van der Waals surface area contributed by atoms with Crippen molar-refractivity contribution in [3.8, 4) is 11.3 Å². The monoisotopic (exact) mass is 553 g/mol. The Kier molecular flexibility index (Phi) is 5.21. The number of rotatable bonds is 3. The summed E-state index contributed by atoms with van der Waals surface area (Å²) in [6, 6.07) is 16.8. The molecule has 0 aliphatic carbocycles. The number of aliphatic imine (C=N–C) groups is 1. The molecule has 0 amide bonds. The predicted molar refractivity (Wildman–Crippen MR) is 117 cm³/mol. The van der Waals surface area contributed by atoms with Crippen molar-refractivity contribution in [2.24, 2.45) is 4.99 Å². The van der Waals surface area contributed by atoms with Crippen LogP contribution in [0, 0.1) is 3.57 Å². The van der Waals surface area contributed by atoms with Gasteiger partial charge in [0.1, 0.15) is 11.5 Å². The quantitative estimate of drug-likeness (QED) is 0.217. The normalized spacial score (nSPS) is 15.1. The molecule has 1 aliphatic rings. The molecule has 0 saturated heterocycles. The number of esters is 1. The fourth-order valence-electron chi connectivity index (χ4n) is 2.52. The van der Waals surface area contributed by atoms with Gasteiger partial charge in [0.25, 0.3) is 0 Å².